The normalized spacial score (nSPS) is 14.6. The Hall–Kier alpha value is -2.55. The van der Waals surface area contributed by atoms with Crippen molar-refractivity contribution in [2.75, 3.05) is 11.1 Å². The highest BCUT2D eigenvalue weighted by molar-refractivity contribution is 5.66. The molecular weight excluding hydrogens is 252 g/mol. The Kier molecular flexibility index (Phi) is 3.03. The third-order valence-electron chi connectivity index (χ3n) is 3.60. The maximum absolute atomic E-state index is 9.27. The molecule has 0 aliphatic heterocycles. The minimum Gasteiger partial charge on any atom is -0.382 e. The molecule has 6 heteroatoms. The molecule has 0 saturated heterocycles. The van der Waals surface area contributed by atoms with Crippen molar-refractivity contribution in [2.45, 2.75) is 32.2 Å². The second-order valence-electron chi connectivity index (χ2n) is 5.10. The first-order chi connectivity index (χ1) is 9.69. The van der Waals surface area contributed by atoms with E-state index in [-0.39, 0.29) is 0 Å². The number of anilines is 2. The van der Waals surface area contributed by atoms with Gasteiger partial charge in [0.15, 0.2) is 11.6 Å². The van der Waals surface area contributed by atoms with Gasteiger partial charge in [0.25, 0.3) is 0 Å². The quantitative estimate of drug-likeness (QED) is 0.888. The highest BCUT2D eigenvalue weighted by Gasteiger charge is 2.23. The Balaban J connectivity index is 2.01. The average molecular weight is 268 g/mol. The highest BCUT2D eigenvalue weighted by atomic mass is 15.4. The molecule has 2 aromatic heterocycles. The summed E-state index contributed by atoms with van der Waals surface area (Å²) in [5, 5.41) is 17.0. The fourth-order valence-electron chi connectivity index (χ4n) is 2.20. The molecule has 0 bridgehead atoms. The van der Waals surface area contributed by atoms with Gasteiger partial charge < -0.3 is 11.1 Å². The van der Waals surface area contributed by atoms with Crippen LogP contribution in [0.25, 0.3) is 5.82 Å². The van der Waals surface area contributed by atoms with Crippen LogP contribution in [0, 0.1) is 18.3 Å². The molecule has 0 amide bonds. The maximum Gasteiger partial charge on any atom is 0.169 e. The van der Waals surface area contributed by atoms with E-state index >= 15 is 0 Å². The molecule has 1 saturated carbocycles. The highest BCUT2D eigenvalue weighted by Crippen LogP contribution is 2.28. The van der Waals surface area contributed by atoms with E-state index < -0.39 is 0 Å². The Morgan fingerprint density at radius 2 is 2.30 bits per heavy atom. The van der Waals surface area contributed by atoms with E-state index in [2.05, 4.69) is 21.5 Å². The smallest absolute Gasteiger partial charge is 0.169 e. The first-order valence-electron chi connectivity index (χ1n) is 6.67. The zero-order valence-electron chi connectivity index (χ0n) is 11.3. The summed E-state index contributed by atoms with van der Waals surface area (Å²) in [5.41, 5.74) is 7.49. The standard InChI is InChI=1S/C14H16N6/c1-9-5-6-17-12(7-9)20-13(16)11(8-15)14(19-20)18-10-3-2-4-10/h5-7,10H,2-4,16H2,1H3,(H,18,19). The Bertz CT molecular complexity index is 677. The molecular formula is C14H16N6. The first-order valence-corrected chi connectivity index (χ1v) is 6.67. The van der Waals surface area contributed by atoms with Crippen LogP contribution in [-0.4, -0.2) is 20.8 Å². The third-order valence-corrected chi connectivity index (χ3v) is 3.60. The summed E-state index contributed by atoms with van der Waals surface area (Å²) < 4.78 is 1.52. The summed E-state index contributed by atoms with van der Waals surface area (Å²) >= 11 is 0. The largest absolute Gasteiger partial charge is 0.382 e. The topological polar surface area (TPSA) is 92.5 Å². The zero-order valence-corrected chi connectivity index (χ0v) is 11.3. The third kappa shape index (κ3) is 2.07. The van der Waals surface area contributed by atoms with Crippen molar-refractivity contribution in [3.8, 4) is 11.9 Å². The van der Waals surface area contributed by atoms with Crippen molar-refractivity contribution in [2.24, 2.45) is 0 Å². The molecule has 1 aliphatic rings. The van der Waals surface area contributed by atoms with Crippen molar-refractivity contribution in [1.82, 2.24) is 14.8 Å². The Morgan fingerprint density at radius 3 is 2.90 bits per heavy atom. The zero-order chi connectivity index (χ0) is 14.1. The van der Waals surface area contributed by atoms with E-state index in [1.54, 1.807) is 6.20 Å². The summed E-state index contributed by atoms with van der Waals surface area (Å²) in [7, 11) is 0. The molecule has 1 fully saturated rings. The van der Waals surface area contributed by atoms with Crippen LogP contribution >= 0.6 is 0 Å². The van der Waals surface area contributed by atoms with Gasteiger partial charge in [-0.15, -0.1) is 5.10 Å². The van der Waals surface area contributed by atoms with Crippen LogP contribution < -0.4 is 11.1 Å². The van der Waals surface area contributed by atoms with Crippen molar-refractivity contribution < 1.29 is 0 Å². The van der Waals surface area contributed by atoms with E-state index in [4.69, 9.17) is 5.73 Å². The van der Waals surface area contributed by atoms with Gasteiger partial charge in [-0.3, -0.25) is 0 Å². The lowest BCUT2D eigenvalue weighted by Gasteiger charge is -2.26. The number of nitrogen functional groups attached to an aromatic ring is 1. The number of nitriles is 1. The summed E-state index contributed by atoms with van der Waals surface area (Å²) in [6.45, 7) is 1.98. The summed E-state index contributed by atoms with van der Waals surface area (Å²) in [6, 6.07) is 6.31. The fraction of sp³-hybridized carbons (Fsp3) is 0.357. The average Bonchev–Trinajstić information content (AvgIpc) is 2.70. The number of nitrogens with two attached hydrogens (primary N) is 1. The van der Waals surface area contributed by atoms with Gasteiger partial charge in [-0.1, -0.05) is 0 Å². The first kappa shape index (κ1) is 12.5. The predicted octanol–water partition coefficient (Wildman–Crippen LogP) is 1.99. The SMILES string of the molecule is Cc1ccnc(-n2nc(NC3CCC3)c(C#N)c2N)c1. The fourth-order valence-corrected chi connectivity index (χ4v) is 2.20. The Morgan fingerprint density at radius 1 is 1.50 bits per heavy atom. The second-order valence-corrected chi connectivity index (χ2v) is 5.10. The lowest BCUT2D eigenvalue weighted by Crippen LogP contribution is -2.27. The van der Waals surface area contributed by atoms with Gasteiger partial charge in [0.2, 0.25) is 0 Å². The number of nitrogens with zero attached hydrogens (tertiary/aromatic N) is 4. The minimum absolute atomic E-state index is 0.326. The Labute approximate surface area is 117 Å². The van der Waals surface area contributed by atoms with E-state index in [9.17, 15) is 5.26 Å². The van der Waals surface area contributed by atoms with Crippen molar-refractivity contribution >= 4 is 11.6 Å². The number of hydrogen-bond acceptors (Lipinski definition) is 5. The summed E-state index contributed by atoms with van der Waals surface area (Å²) in [4.78, 5) is 4.26. The number of aryl methyl sites for hydroxylation is 1. The predicted molar refractivity (Wildman–Crippen MR) is 76.5 cm³/mol. The minimum atomic E-state index is 0.326. The number of pyridine rings is 1. The van der Waals surface area contributed by atoms with Crippen LogP contribution in [-0.2, 0) is 0 Å². The van der Waals surface area contributed by atoms with Crippen molar-refractivity contribution in [3.63, 3.8) is 0 Å². The van der Waals surface area contributed by atoms with Crippen LogP contribution in [0.4, 0.5) is 11.6 Å². The van der Waals surface area contributed by atoms with Gasteiger partial charge in [-0.25, -0.2) is 4.98 Å². The van der Waals surface area contributed by atoms with E-state index in [0.717, 1.165) is 18.4 Å². The van der Waals surface area contributed by atoms with Gasteiger partial charge in [0.05, 0.1) is 0 Å². The van der Waals surface area contributed by atoms with Gasteiger partial charge in [0.1, 0.15) is 17.5 Å². The lowest BCUT2D eigenvalue weighted by molar-refractivity contribution is 0.444. The molecule has 0 radical (unpaired) electrons. The number of hydrogen-bond donors (Lipinski definition) is 2. The number of nitrogens with one attached hydrogen (secondary N) is 1. The van der Waals surface area contributed by atoms with Crippen LogP contribution in [0.3, 0.4) is 0 Å². The molecule has 102 valence electrons. The van der Waals surface area contributed by atoms with Gasteiger partial charge in [0, 0.05) is 12.2 Å². The van der Waals surface area contributed by atoms with E-state index in [1.165, 1.54) is 11.1 Å². The maximum atomic E-state index is 9.27. The van der Waals surface area contributed by atoms with E-state index in [0.29, 0.717) is 29.1 Å². The molecule has 0 spiro atoms. The van der Waals surface area contributed by atoms with Gasteiger partial charge >= 0.3 is 0 Å². The molecule has 20 heavy (non-hydrogen) atoms. The molecule has 2 aromatic rings. The second kappa shape index (κ2) is 4.85. The molecule has 0 atom stereocenters. The summed E-state index contributed by atoms with van der Waals surface area (Å²) in [5.74, 6) is 1.51. The lowest BCUT2D eigenvalue weighted by atomic mass is 9.93. The molecule has 0 aromatic carbocycles. The number of aromatic nitrogens is 3. The monoisotopic (exact) mass is 268 g/mol. The van der Waals surface area contributed by atoms with Crippen LogP contribution in [0.5, 0.6) is 0 Å². The van der Waals surface area contributed by atoms with E-state index in [1.807, 2.05) is 19.1 Å². The molecule has 3 rings (SSSR count). The number of rotatable bonds is 3. The molecule has 6 nitrogen and oxygen atoms in total. The van der Waals surface area contributed by atoms with Gasteiger partial charge in [-0.2, -0.15) is 9.94 Å². The molecule has 0 unspecified atom stereocenters. The van der Waals surface area contributed by atoms with Crippen LogP contribution in [0.2, 0.25) is 0 Å². The van der Waals surface area contributed by atoms with Crippen molar-refractivity contribution in [3.05, 3.63) is 29.5 Å². The van der Waals surface area contributed by atoms with Crippen LogP contribution in [0.1, 0.15) is 30.4 Å². The molecule has 1 aliphatic carbocycles. The van der Waals surface area contributed by atoms with Gasteiger partial charge in [-0.05, 0) is 43.9 Å². The molecule has 2 heterocycles. The summed E-state index contributed by atoms with van der Waals surface area (Å²) in [6.07, 6.45) is 5.15. The van der Waals surface area contributed by atoms with Crippen molar-refractivity contribution in [1.29, 1.82) is 5.26 Å². The molecule has 3 N–H and O–H groups in total. The van der Waals surface area contributed by atoms with Crippen LogP contribution in [0.15, 0.2) is 18.3 Å².